The molecule has 0 spiro atoms. The van der Waals surface area contributed by atoms with Gasteiger partial charge in [0, 0.05) is 16.7 Å². The van der Waals surface area contributed by atoms with Gasteiger partial charge >= 0.3 is 0 Å². The molecule has 1 unspecified atom stereocenters. The van der Waals surface area contributed by atoms with Gasteiger partial charge in [-0.15, -0.1) is 11.8 Å². The van der Waals surface area contributed by atoms with Gasteiger partial charge in [0.25, 0.3) is 0 Å². The second-order valence-electron chi connectivity index (χ2n) is 5.00. The van der Waals surface area contributed by atoms with Crippen LogP contribution in [0, 0.1) is 12.7 Å². The molecule has 0 radical (unpaired) electrons. The van der Waals surface area contributed by atoms with Crippen molar-refractivity contribution in [1.29, 1.82) is 0 Å². The molecule has 0 heterocycles. The van der Waals surface area contributed by atoms with Crippen LogP contribution in [0.4, 0.5) is 4.39 Å². The minimum atomic E-state index is -0.177. The van der Waals surface area contributed by atoms with E-state index < -0.39 is 0 Å². The number of rotatable bonds is 6. The first-order valence-corrected chi connectivity index (χ1v) is 8.26. The van der Waals surface area contributed by atoms with Gasteiger partial charge in [0.05, 0.1) is 5.02 Å². The molecule has 0 aromatic heterocycles. The molecule has 1 N–H and O–H groups in total. The number of hydrogen-bond acceptors (Lipinski definition) is 2. The van der Waals surface area contributed by atoms with Crippen molar-refractivity contribution in [1.82, 2.24) is 5.32 Å². The molecule has 0 aliphatic rings. The van der Waals surface area contributed by atoms with E-state index in [2.05, 4.69) is 5.32 Å². The van der Waals surface area contributed by atoms with E-state index in [-0.39, 0.29) is 11.9 Å². The Hall–Kier alpha value is -1.03. The lowest BCUT2D eigenvalue weighted by molar-refractivity contribution is 0.601. The van der Waals surface area contributed by atoms with Crippen LogP contribution >= 0.6 is 23.4 Å². The smallest absolute Gasteiger partial charge is 0.123 e. The van der Waals surface area contributed by atoms with E-state index in [9.17, 15) is 4.39 Å². The maximum Gasteiger partial charge on any atom is 0.123 e. The fraction of sp³-hybridized carbons (Fsp3) is 0.294. The van der Waals surface area contributed by atoms with E-state index >= 15 is 0 Å². The van der Waals surface area contributed by atoms with Crippen molar-refractivity contribution in [2.45, 2.75) is 24.3 Å². The third-order valence-corrected chi connectivity index (χ3v) is 5.14. The van der Waals surface area contributed by atoms with E-state index in [0.29, 0.717) is 0 Å². The van der Waals surface area contributed by atoms with Gasteiger partial charge in [0.2, 0.25) is 0 Å². The fourth-order valence-corrected chi connectivity index (χ4v) is 3.47. The number of benzene rings is 2. The highest BCUT2D eigenvalue weighted by molar-refractivity contribution is 7.99. The molecule has 0 saturated carbocycles. The minimum absolute atomic E-state index is 0.177. The highest BCUT2D eigenvalue weighted by atomic mass is 35.5. The predicted octanol–water partition coefficient (Wildman–Crippen LogP) is 4.71. The molecule has 0 aliphatic heterocycles. The third kappa shape index (κ3) is 4.73. The van der Waals surface area contributed by atoms with Crippen molar-refractivity contribution in [3.8, 4) is 0 Å². The van der Waals surface area contributed by atoms with E-state index in [4.69, 9.17) is 11.6 Å². The van der Waals surface area contributed by atoms with Crippen LogP contribution < -0.4 is 5.32 Å². The van der Waals surface area contributed by atoms with Gasteiger partial charge in [-0.2, -0.15) is 0 Å². The van der Waals surface area contributed by atoms with Gasteiger partial charge in [0.15, 0.2) is 0 Å². The second-order valence-corrected chi connectivity index (χ2v) is 6.47. The Labute approximate surface area is 134 Å². The average Bonchev–Trinajstić information content (AvgIpc) is 2.48. The maximum absolute atomic E-state index is 13.4. The van der Waals surface area contributed by atoms with Crippen LogP contribution in [0.2, 0.25) is 5.02 Å². The van der Waals surface area contributed by atoms with Gasteiger partial charge in [-0.1, -0.05) is 29.8 Å². The van der Waals surface area contributed by atoms with Crippen molar-refractivity contribution >= 4 is 23.4 Å². The van der Waals surface area contributed by atoms with Crippen LogP contribution in [0.15, 0.2) is 47.4 Å². The molecule has 0 aliphatic carbocycles. The van der Waals surface area contributed by atoms with Crippen molar-refractivity contribution in [2.24, 2.45) is 0 Å². The Balaban J connectivity index is 2.00. The largest absolute Gasteiger partial charge is 0.316 e. The van der Waals surface area contributed by atoms with E-state index in [1.807, 2.05) is 44.3 Å². The number of halogens is 2. The van der Waals surface area contributed by atoms with Gasteiger partial charge < -0.3 is 5.32 Å². The standard InChI is InChI=1S/C17H19ClFNS/c1-12-7-8-14(19)9-13(12)10-15(20-2)11-21-17-6-4-3-5-16(17)18/h3-9,15,20H,10-11H2,1-2H3. The Morgan fingerprint density at radius 3 is 2.71 bits per heavy atom. The number of aryl methyl sites for hydroxylation is 1. The van der Waals surface area contributed by atoms with Crippen molar-refractivity contribution in [3.05, 3.63) is 64.4 Å². The molecule has 0 bridgehead atoms. The monoisotopic (exact) mass is 323 g/mol. The summed E-state index contributed by atoms with van der Waals surface area (Å²) in [6.07, 6.45) is 0.803. The molecule has 21 heavy (non-hydrogen) atoms. The molecule has 2 aromatic carbocycles. The number of thioether (sulfide) groups is 1. The molecule has 2 aromatic rings. The van der Waals surface area contributed by atoms with E-state index in [0.717, 1.165) is 33.2 Å². The van der Waals surface area contributed by atoms with Gasteiger partial charge in [0.1, 0.15) is 5.82 Å². The highest BCUT2D eigenvalue weighted by Crippen LogP contribution is 2.27. The van der Waals surface area contributed by atoms with Crippen molar-refractivity contribution in [2.75, 3.05) is 12.8 Å². The summed E-state index contributed by atoms with van der Waals surface area (Å²) in [5, 5.41) is 4.08. The molecule has 0 saturated heterocycles. The summed E-state index contributed by atoms with van der Waals surface area (Å²) >= 11 is 7.89. The first-order chi connectivity index (χ1) is 10.1. The molecule has 112 valence electrons. The lowest BCUT2D eigenvalue weighted by atomic mass is 10.0. The summed E-state index contributed by atoms with van der Waals surface area (Å²) in [7, 11) is 1.94. The average molecular weight is 324 g/mol. The lowest BCUT2D eigenvalue weighted by Crippen LogP contribution is -2.30. The molecule has 0 amide bonds. The zero-order valence-corrected chi connectivity index (χ0v) is 13.8. The number of hydrogen-bond donors (Lipinski definition) is 1. The predicted molar refractivity (Wildman–Crippen MR) is 89.9 cm³/mol. The number of nitrogens with one attached hydrogen (secondary N) is 1. The lowest BCUT2D eigenvalue weighted by Gasteiger charge is -2.17. The molecule has 2 rings (SSSR count). The summed E-state index contributed by atoms with van der Waals surface area (Å²) in [4.78, 5) is 1.08. The van der Waals surface area contributed by atoms with Crippen LogP contribution in [-0.2, 0) is 6.42 Å². The Kier molecular flexibility index (Phi) is 6.09. The van der Waals surface area contributed by atoms with Crippen molar-refractivity contribution < 1.29 is 4.39 Å². The maximum atomic E-state index is 13.4. The highest BCUT2D eigenvalue weighted by Gasteiger charge is 2.11. The first-order valence-electron chi connectivity index (χ1n) is 6.89. The Morgan fingerprint density at radius 2 is 2.00 bits per heavy atom. The summed E-state index contributed by atoms with van der Waals surface area (Å²) < 4.78 is 13.4. The summed E-state index contributed by atoms with van der Waals surface area (Å²) in [6, 6.07) is 13.1. The molecule has 1 atom stereocenters. The van der Waals surface area contributed by atoms with E-state index in [1.54, 1.807) is 17.8 Å². The zero-order chi connectivity index (χ0) is 15.2. The van der Waals surface area contributed by atoms with E-state index in [1.165, 1.54) is 6.07 Å². The van der Waals surface area contributed by atoms with Crippen LogP contribution in [0.25, 0.3) is 0 Å². The topological polar surface area (TPSA) is 12.0 Å². The Bertz CT molecular complexity index is 603. The quantitative estimate of drug-likeness (QED) is 0.773. The second kappa shape index (κ2) is 7.83. The fourth-order valence-electron chi connectivity index (χ4n) is 2.12. The van der Waals surface area contributed by atoms with Gasteiger partial charge in [-0.3, -0.25) is 0 Å². The van der Waals surface area contributed by atoms with Crippen LogP contribution in [0.3, 0.4) is 0 Å². The molecular weight excluding hydrogens is 305 g/mol. The van der Waals surface area contributed by atoms with Crippen LogP contribution in [0.1, 0.15) is 11.1 Å². The van der Waals surface area contributed by atoms with Crippen LogP contribution in [0.5, 0.6) is 0 Å². The summed E-state index contributed by atoms with van der Waals surface area (Å²) in [6.45, 7) is 2.02. The zero-order valence-electron chi connectivity index (χ0n) is 12.2. The first kappa shape index (κ1) is 16.3. The molecule has 0 fully saturated rings. The van der Waals surface area contributed by atoms with Crippen LogP contribution in [-0.4, -0.2) is 18.8 Å². The third-order valence-electron chi connectivity index (χ3n) is 3.46. The normalized spacial score (nSPS) is 12.4. The Morgan fingerprint density at radius 1 is 1.24 bits per heavy atom. The van der Waals surface area contributed by atoms with Gasteiger partial charge in [-0.25, -0.2) is 4.39 Å². The molecule has 4 heteroatoms. The van der Waals surface area contributed by atoms with Gasteiger partial charge in [-0.05, 0) is 55.8 Å². The number of likely N-dealkylation sites (N-methyl/N-ethyl adjacent to an activating group) is 1. The SMILES string of the molecule is CNC(CSc1ccccc1Cl)Cc1cc(F)ccc1C. The van der Waals surface area contributed by atoms with Crippen molar-refractivity contribution in [3.63, 3.8) is 0 Å². The molecule has 1 nitrogen and oxygen atoms in total. The summed E-state index contributed by atoms with van der Waals surface area (Å²) in [5.74, 6) is 0.708. The minimum Gasteiger partial charge on any atom is -0.316 e. The molecular formula is C17H19ClFNS. The summed E-state index contributed by atoms with van der Waals surface area (Å²) in [5.41, 5.74) is 2.17.